The summed E-state index contributed by atoms with van der Waals surface area (Å²) in [7, 11) is 1.29. The molecule has 1 heterocycles. The van der Waals surface area contributed by atoms with Crippen molar-refractivity contribution in [3.63, 3.8) is 0 Å². The third-order valence-electron chi connectivity index (χ3n) is 4.58. The Morgan fingerprint density at radius 2 is 2.00 bits per heavy atom. The fourth-order valence-electron chi connectivity index (χ4n) is 3.16. The molecule has 1 aliphatic carbocycles. The molecule has 2 aromatic rings. The van der Waals surface area contributed by atoms with E-state index < -0.39 is 30.3 Å². The molecule has 1 atom stereocenters. The van der Waals surface area contributed by atoms with Gasteiger partial charge in [-0.1, -0.05) is 19.1 Å². The topological polar surface area (TPSA) is 81.7 Å². The molecule has 1 aromatic heterocycles. The molecule has 8 heteroatoms. The van der Waals surface area contributed by atoms with Crippen LogP contribution in [0.4, 0.5) is 9.39 Å². The summed E-state index contributed by atoms with van der Waals surface area (Å²) in [4.78, 5) is 37.4. The lowest BCUT2D eigenvalue weighted by Gasteiger charge is -2.18. The number of thiophene rings is 1. The molecular formula is C20H20FNO5S. The first-order valence-electron chi connectivity index (χ1n) is 8.85. The molecule has 0 saturated carbocycles. The first kappa shape index (κ1) is 20.0. The summed E-state index contributed by atoms with van der Waals surface area (Å²) in [5.74, 6) is -2.27. The Morgan fingerprint density at radius 3 is 2.71 bits per heavy atom. The van der Waals surface area contributed by atoms with E-state index in [0.29, 0.717) is 16.5 Å². The number of anilines is 1. The first-order valence-corrected chi connectivity index (χ1v) is 9.66. The number of carbonyl (C=O) groups excluding carboxylic acids is 3. The van der Waals surface area contributed by atoms with Crippen LogP contribution in [0.5, 0.6) is 0 Å². The Bertz CT molecular complexity index is 923. The lowest BCUT2D eigenvalue weighted by atomic mass is 9.88. The number of methoxy groups -OCH3 is 1. The second-order valence-electron chi connectivity index (χ2n) is 6.65. The van der Waals surface area contributed by atoms with E-state index >= 15 is 0 Å². The summed E-state index contributed by atoms with van der Waals surface area (Å²) in [6, 6.07) is 5.36. The van der Waals surface area contributed by atoms with E-state index in [0.717, 1.165) is 35.8 Å². The number of rotatable bonds is 5. The summed E-state index contributed by atoms with van der Waals surface area (Å²) in [5, 5.41) is 3.01. The number of benzene rings is 1. The van der Waals surface area contributed by atoms with E-state index in [2.05, 4.69) is 12.2 Å². The van der Waals surface area contributed by atoms with Crippen molar-refractivity contribution in [2.45, 2.75) is 26.2 Å². The fourth-order valence-corrected chi connectivity index (χ4v) is 4.57. The van der Waals surface area contributed by atoms with Crippen LogP contribution in [0.25, 0.3) is 0 Å². The number of ether oxygens (including phenoxy) is 2. The lowest BCUT2D eigenvalue weighted by molar-refractivity contribution is -0.119. The molecule has 3 rings (SSSR count). The molecule has 0 saturated heterocycles. The van der Waals surface area contributed by atoms with Crippen LogP contribution in [-0.2, 0) is 27.1 Å². The van der Waals surface area contributed by atoms with Gasteiger partial charge in [-0.25, -0.2) is 14.0 Å². The van der Waals surface area contributed by atoms with E-state index in [1.165, 1.54) is 36.6 Å². The molecule has 0 spiro atoms. The molecule has 0 radical (unpaired) electrons. The average molecular weight is 405 g/mol. The van der Waals surface area contributed by atoms with Crippen LogP contribution in [0.1, 0.15) is 44.5 Å². The highest BCUT2D eigenvalue weighted by atomic mass is 32.1. The van der Waals surface area contributed by atoms with Gasteiger partial charge in [0.15, 0.2) is 6.61 Å². The van der Waals surface area contributed by atoms with Gasteiger partial charge >= 0.3 is 11.9 Å². The van der Waals surface area contributed by atoms with Crippen molar-refractivity contribution < 1.29 is 28.2 Å². The van der Waals surface area contributed by atoms with Gasteiger partial charge in [-0.05, 0) is 42.9 Å². The van der Waals surface area contributed by atoms with Gasteiger partial charge in [0.25, 0.3) is 5.91 Å². The van der Waals surface area contributed by atoms with Crippen molar-refractivity contribution in [1.82, 2.24) is 0 Å². The molecule has 28 heavy (non-hydrogen) atoms. The SMILES string of the molecule is COC(=O)c1c(NC(=O)COC(=O)c2ccccc2F)sc2c1CCC(C)C2. The second-order valence-corrected chi connectivity index (χ2v) is 7.76. The predicted molar refractivity (Wildman–Crippen MR) is 102 cm³/mol. The molecule has 1 N–H and O–H groups in total. The van der Waals surface area contributed by atoms with E-state index in [-0.39, 0.29) is 5.56 Å². The van der Waals surface area contributed by atoms with Gasteiger partial charge in [0, 0.05) is 4.88 Å². The Balaban J connectivity index is 1.71. The van der Waals surface area contributed by atoms with Crippen LogP contribution < -0.4 is 5.32 Å². The summed E-state index contributed by atoms with van der Waals surface area (Å²) < 4.78 is 23.4. The molecule has 1 aliphatic rings. The zero-order chi connectivity index (χ0) is 20.3. The minimum absolute atomic E-state index is 0.244. The zero-order valence-electron chi connectivity index (χ0n) is 15.5. The van der Waals surface area contributed by atoms with Gasteiger partial charge < -0.3 is 14.8 Å². The smallest absolute Gasteiger partial charge is 0.341 e. The van der Waals surface area contributed by atoms with Gasteiger partial charge in [0.05, 0.1) is 18.2 Å². The molecule has 1 aromatic carbocycles. The molecule has 6 nitrogen and oxygen atoms in total. The van der Waals surface area contributed by atoms with Crippen molar-refractivity contribution in [1.29, 1.82) is 0 Å². The van der Waals surface area contributed by atoms with E-state index in [1.54, 1.807) is 0 Å². The van der Waals surface area contributed by atoms with Crippen LogP contribution in [0.3, 0.4) is 0 Å². The molecule has 0 bridgehead atoms. The molecule has 0 aliphatic heterocycles. The van der Waals surface area contributed by atoms with Crippen molar-refractivity contribution in [3.8, 4) is 0 Å². The van der Waals surface area contributed by atoms with Crippen LogP contribution in [0.2, 0.25) is 0 Å². The third kappa shape index (κ3) is 4.22. The predicted octanol–water partition coefficient (Wildman–Crippen LogP) is 3.59. The highest BCUT2D eigenvalue weighted by Gasteiger charge is 2.29. The third-order valence-corrected chi connectivity index (χ3v) is 5.75. The molecule has 148 valence electrons. The van der Waals surface area contributed by atoms with Crippen LogP contribution in [0, 0.1) is 11.7 Å². The number of hydrogen-bond acceptors (Lipinski definition) is 6. The Morgan fingerprint density at radius 1 is 1.25 bits per heavy atom. The van der Waals surface area contributed by atoms with Gasteiger partial charge in [0.2, 0.25) is 0 Å². The highest BCUT2D eigenvalue weighted by molar-refractivity contribution is 7.17. The number of fused-ring (bicyclic) bond motifs is 1. The number of nitrogens with one attached hydrogen (secondary N) is 1. The number of carbonyl (C=O) groups is 3. The maximum Gasteiger partial charge on any atom is 0.341 e. The van der Waals surface area contributed by atoms with Crippen molar-refractivity contribution in [3.05, 3.63) is 51.7 Å². The standard InChI is InChI=1S/C20H20FNO5S/c1-11-7-8-13-15(9-11)28-18(17(13)20(25)26-2)22-16(23)10-27-19(24)12-5-3-4-6-14(12)21/h3-6,11H,7-10H2,1-2H3,(H,22,23). The number of hydrogen-bond donors (Lipinski definition) is 1. The van der Waals surface area contributed by atoms with Gasteiger partial charge in [-0.15, -0.1) is 11.3 Å². The maximum absolute atomic E-state index is 13.6. The molecular weight excluding hydrogens is 385 g/mol. The summed E-state index contributed by atoms with van der Waals surface area (Å²) in [5.41, 5.74) is 1.03. The largest absolute Gasteiger partial charge is 0.465 e. The van der Waals surface area contributed by atoms with Crippen LogP contribution in [0.15, 0.2) is 24.3 Å². The maximum atomic E-state index is 13.6. The van der Waals surface area contributed by atoms with Crippen LogP contribution >= 0.6 is 11.3 Å². The van der Waals surface area contributed by atoms with Gasteiger partial charge in [-0.3, -0.25) is 4.79 Å². The highest BCUT2D eigenvalue weighted by Crippen LogP contribution is 2.40. The Kier molecular flexibility index (Phi) is 6.08. The normalized spacial score (nSPS) is 15.5. The van der Waals surface area contributed by atoms with Crippen molar-refractivity contribution in [2.24, 2.45) is 5.92 Å². The van der Waals surface area contributed by atoms with E-state index in [1.807, 2.05) is 0 Å². The zero-order valence-corrected chi connectivity index (χ0v) is 16.4. The number of amides is 1. The van der Waals surface area contributed by atoms with Crippen molar-refractivity contribution >= 4 is 34.2 Å². The first-order chi connectivity index (χ1) is 13.4. The molecule has 1 unspecified atom stereocenters. The second kappa shape index (κ2) is 8.52. The van der Waals surface area contributed by atoms with Gasteiger partial charge in [-0.2, -0.15) is 0 Å². The molecule has 0 fully saturated rings. The summed E-state index contributed by atoms with van der Waals surface area (Å²) in [6.45, 7) is 1.55. The minimum atomic E-state index is -0.930. The van der Waals surface area contributed by atoms with Crippen LogP contribution in [-0.4, -0.2) is 31.6 Å². The number of halogens is 1. The van der Waals surface area contributed by atoms with E-state index in [4.69, 9.17) is 9.47 Å². The van der Waals surface area contributed by atoms with Crippen molar-refractivity contribution in [2.75, 3.05) is 19.0 Å². The monoisotopic (exact) mass is 405 g/mol. The average Bonchev–Trinajstić information content (AvgIpc) is 3.02. The lowest BCUT2D eigenvalue weighted by Crippen LogP contribution is -2.22. The summed E-state index contributed by atoms with van der Waals surface area (Å²) in [6.07, 6.45) is 2.54. The minimum Gasteiger partial charge on any atom is -0.465 e. The van der Waals surface area contributed by atoms with E-state index in [9.17, 15) is 18.8 Å². The Hall–Kier alpha value is -2.74. The number of esters is 2. The summed E-state index contributed by atoms with van der Waals surface area (Å²) >= 11 is 1.34. The fraction of sp³-hybridized carbons (Fsp3) is 0.350. The van der Waals surface area contributed by atoms with Gasteiger partial charge in [0.1, 0.15) is 10.8 Å². The quantitative estimate of drug-likeness (QED) is 0.769. The molecule has 1 amide bonds. The Labute approximate surface area is 165 Å².